The average molecular weight is 458 g/mol. The number of hydrogen-bond donors (Lipinski definition) is 0. The fourth-order valence-corrected chi connectivity index (χ4v) is 4.16. The minimum Gasteiger partial charge on any atom is -0.339 e. The summed E-state index contributed by atoms with van der Waals surface area (Å²) >= 11 is 0. The molecule has 3 heterocycles. The Kier molecular flexibility index (Phi) is 5.99. The fourth-order valence-electron chi connectivity index (χ4n) is 4.16. The lowest BCUT2D eigenvalue weighted by Gasteiger charge is -2.27. The van der Waals surface area contributed by atoms with Crippen LogP contribution in [0.25, 0.3) is 16.8 Å². The van der Waals surface area contributed by atoms with Crippen LogP contribution < -0.4 is 4.90 Å². The van der Waals surface area contributed by atoms with E-state index in [4.69, 9.17) is 0 Å². The van der Waals surface area contributed by atoms with Crippen LogP contribution in [0.4, 0.5) is 10.3 Å². The molecule has 34 heavy (non-hydrogen) atoms. The molecule has 5 rings (SSSR count). The summed E-state index contributed by atoms with van der Waals surface area (Å²) in [5, 5.41) is 8.38. The Labute approximate surface area is 196 Å². The van der Waals surface area contributed by atoms with Crippen LogP contribution in [-0.4, -0.2) is 61.4 Å². The standard InChI is InChI=1S/C25H24FN7O/c1-18-10-13-31(25-27-16-20(17-28-25)19-6-8-21(26)9-7-19)14-15-32(18)24(34)22-4-2-3-5-23(22)33-29-11-12-30-33/h2-9,11-12,16-18H,10,13-15H2,1H3. The van der Waals surface area contributed by atoms with Gasteiger partial charge in [-0.2, -0.15) is 15.0 Å². The molecule has 1 fully saturated rings. The molecule has 2 aromatic heterocycles. The molecule has 1 atom stereocenters. The molecule has 2 aromatic carbocycles. The summed E-state index contributed by atoms with van der Waals surface area (Å²) in [6, 6.07) is 13.7. The number of anilines is 1. The van der Waals surface area contributed by atoms with E-state index < -0.39 is 0 Å². The Bertz CT molecular complexity index is 1260. The van der Waals surface area contributed by atoms with Crippen molar-refractivity contribution in [3.05, 3.63) is 84.7 Å². The van der Waals surface area contributed by atoms with Crippen molar-refractivity contribution in [2.75, 3.05) is 24.5 Å². The molecule has 1 aliphatic rings. The van der Waals surface area contributed by atoms with E-state index in [1.54, 1.807) is 36.9 Å². The van der Waals surface area contributed by atoms with Crippen LogP contribution in [0.3, 0.4) is 0 Å². The fraction of sp³-hybridized carbons (Fsp3) is 0.240. The van der Waals surface area contributed by atoms with Crippen LogP contribution >= 0.6 is 0 Å². The molecule has 1 unspecified atom stereocenters. The van der Waals surface area contributed by atoms with Gasteiger partial charge in [-0.1, -0.05) is 24.3 Å². The van der Waals surface area contributed by atoms with Crippen molar-refractivity contribution >= 4 is 11.9 Å². The van der Waals surface area contributed by atoms with Gasteiger partial charge in [0.2, 0.25) is 5.95 Å². The van der Waals surface area contributed by atoms with Crippen molar-refractivity contribution in [3.63, 3.8) is 0 Å². The monoisotopic (exact) mass is 457 g/mol. The SMILES string of the molecule is CC1CCN(c2ncc(-c3ccc(F)cc3)cn2)CCN1C(=O)c1ccccc1-n1nccn1. The molecule has 0 spiro atoms. The maximum absolute atomic E-state index is 13.5. The predicted molar refractivity (Wildman–Crippen MR) is 126 cm³/mol. The van der Waals surface area contributed by atoms with Gasteiger partial charge in [0.15, 0.2) is 0 Å². The summed E-state index contributed by atoms with van der Waals surface area (Å²) < 4.78 is 13.2. The normalized spacial score (nSPS) is 16.4. The number of amides is 1. The molecule has 9 heteroatoms. The van der Waals surface area contributed by atoms with Crippen LogP contribution in [0.2, 0.25) is 0 Å². The molecule has 0 saturated carbocycles. The van der Waals surface area contributed by atoms with E-state index >= 15 is 0 Å². The highest BCUT2D eigenvalue weighted by molar-refractivity contribution is 5.98. The maximum Gasteiger partial charge on any atom is 0.256 e. The van der Waals surface area contributed by atoms with Crippen molar-refractivity contribution in [2.24, 2.45) is 0 Å². The van der Waals surface area contributed by atoms with Gasteiger partial charge in [-0.25, -0.2) is 14.4 Å². The van der Waals surface area contributed by atoms with Crippen LogP contribution in [0.1, 0.15) is 23.7 Å². The zero-order valence-corrected chi connectivity index (χ0v) is 18.8. The van der Waals surface area contributed by atoms with E-state index in [2.05, 4.69) is 32.0 Å². The third kappa shape index (κ3) is 4.36. The lowest BCUT2D eigenvalue weighted by atomic mass is 10.1. The first-order valence-electron chi connectivity index (χ1n) is 11.2. The number of carbonyl (C=O) groups is 1. The summed E-state index contributed by atoms with van der Waals surface area (Å²) in [5.74, 6) is 0.297. The second-order valence-electron chi connectivity index (χ2n) is 8.24. The van der Waals surface area contributed by atoms with Gasteiger partial charge in [-0.05, 0) is 43.2 Å². The predicted octanol–water partition coefficient (Wildman–Crippen LogP) is 3.60. The Balaban J connectivity index is 1.32. The second kappa shape index (κ2) is 9.38. The van der Waals surface area contributed by atoms with Crippen molar-refractivity contribution in [1.29, 1.82) is 0 Å². The number of para-hydroxylation sites is 1. The second-order valence-corrected chi connectivity index (χ2v) is 8.24. The molecule has 1 amide bonds. The zero-order chi connectivity index (χ0) is 23.5. The lowest BCUT2D eigenvalue weighted by molar-refractivity contribution is 0.0705. The van der Waals surface area contributed by atoms with Crippen molar-refractivity contribution < 1.29 is 9.18 Å². The highest BCUT2D eigenvalue weighted by Crippen LogP contribution is 2.23. The third-order valence-electron chi connectivity index (χ3n) is 6.09. The molecular formula is C25H24FN7O. The molecule has 0 bridgehead atoms. The lowest BCUT2D eigenvalue weighted by Crippen LogP contribution is -2.40. The van der Waals surface area contributed by atoms with Crippen LogP contribution in [-0.2, 0) is 0 Å². The van der Waals surface area contributed by atoms with Gasteiger partial charge in [-0.3, -0.25) is 4.79 Å². The van der Waals surface area contributed by atoms with Gasteiger partial charge in [0.05, 0.1) is 23.6 Å². The Morgan fingerprint density at radius 1 is 0.912 bits per heavy atom. The highest BCUT2D eigenvalue weighted by Gasteiger charge is 2.28. The molecule has 0 radical (unpaired) electrons. The number of halogens is 1. The summed E-state index contributed by atoms with van der Waals surface area (Å²) in [5.41, 5.74) is 2.91. The van der Waals surface area contributed by atoms with E-state index in [0.29, 0.717) is 30.3 Å². The minimum atomic E-state index is -0.275. The molecule has 0 aliphatic carbocycles. The summed E-state index contributed by atoms with van der Waals surface area (Å²) in [4.78, 5) is 28.1. The largest absolute Gasteiger partial charge is 0.339 e. The van der Waals surface area contributed by atoms with Crippen molar-refractivity contribution in [3.8, 4) is 16.8 Å². The molecule has 4 aromatic rings. The van der Waals surface area contributed by atoms with Crippen molar-refractivity contribution in [1.82, 2.24) is 29.9 Å². The molecule has 0 N–H and O–H groups in total. The van der Waals surface area contributed by atoms with Crippen LogP contribution in [0.15, 0.2) is 73.3 Å². The topological polar surface area (TPSA) is 80.0 Å². The molecule has 1 aliphatic heterocycles. The first-order chi connectivity index (χ1) is 16.6. The number of hydrogen-bond acceptors (Lipinski definition) is 6. The quantitative estimate of drug-likeness (QED) is 0.466. The van der Waals surface area contributed by atoms with E-state index in [1.165, 1.54) is 16.9 Å². The van der Waals surface area contributed by atoms with E-state index in [0.717, 1.165) is 24.1 Å². The summed E-state index contributed by atoms with van der Waals surface area (Å²) in [6.07, 6.45) is 7.47. The van der Waals surface area contributed by atoms with Gasteiger partial charge < -0.3 is 9.80 Å². The minimum absolute atomic E-state index is 0.0465. The van der Waals surface area contributed by atoms with Gasteiger partial charge in [0, 0.05) is 43.6 Å². The van der Waals surface area contributed by atoms with Gasteiger partial charge in [0.25, 0.3) is 5.91 Å². The van der Waals surface area contributed by atoms with E-state index in [9.17, 15) is 9.18 Å². The molecule has 1 saturated heterocycles. The smallest absolute Gasteiger partial charge is 0.256 e. The molecule has 8 nitrogen and oxygen atoms in total. The first kappa shape index (κ1) is 21.7. The summed E-state index contributed by atoms with van der Waals surface area (Å²) in [6.45, 7) is 3.97. The maximum atomic E-state index is 13.5. The van der Waals surface area contributed by atoms with Crippen LogP contribution in [0, 0.1) is 5.82 Å². The number of aromatic nitrogens is 5. The highest BCUT2D eigenvalue weighted by atomic mass is 19.1. The number of rotatable bonds is 4. The Morgan fingerprint density at radius 2 is 1.62 bits per heavy atom. The Morgan fingerprint density at radius 3 is 2.35 bits per heavy atom. The number of benzene rings is 2. The average Bonchev–Trinajstić information content (AvgIpc) is 3.34. The van der Waals surface area contributed by atoms with Gasteiger partial charge in [-0.15, -0.1) is 0 Å². The molecular weight excluding hydrogens is 433 g/mol. The molecule has 172 valence electrons. The van der Waals surface area contributed by atoms with E-state index in [1.807, 2.05) is 29.2 Å². The van der Waals surface area contributed by atoms with Crippen molar-refractivity contribution in [2.45, 2.75) is 19.4 Å². The first-order valence-corrected chi connectivity index (χ1v) is 11.2. The Hall–Kier alpha value is -4.14. The van der Waals surface area contributed by atoms with Gasteiger partial charge >= 0.3 is 0 Å². The zero-order valence-electron chi connectivity index (χ0n) is 18.8. The van der Waals surface area contributed by atoms with E-state index in [-0.39, 0.29) is 17.8 Å². The van der Waals surface area contributed by atoms with Crippen LogP contribution in [0.5, 0.6) is 0 Å². The third-order valence-corrected chi connectivity index (χ3v) is 6.09. The summed E-state index contributed by atoms with van der Waals surface area (Å²) in [7, 11) is 0. The number of carbonyl (C=O) groups excluding carboxylic acids is 1. The number of nitrogens with zero attached hydrogens (tertiary/aromatic N) is 7. The van der Waals surface area contributed by atoms with Gasteiger partial charge in [0.1, 0.15) is 5.82 Å².